The fourth-order valence-electron chi connectivity index (χ4n) is 4.79. The molecule has 3 aromatic heterocycles. The maximum Gasteiger partial charge on any atom is 0.278 e. The Hall–Kier alpha value is -4.27. The Kier molecular flexibility index (Phi) is 5.73. The van der Waals surface area contributed by atoms with Gasteiger partial charge in [-0.2, -0.15) is 4.98 Å². The van der Waals surface area contributed by atoms with Crippen LogP contribution < -0.4 is 16.2 Å². The van der Waals surface area contributed by atoms with Gasteiger partial charge in [-0.25, -0.2) is 14.3 Å². The molecule has 1 aliphatic heterocycles. The number of nitrogens with zero attached hydrogens (tertiary/aromatic N) is 5. The van der Waals surface area contributed by atoms with Crippen molar-refractivity contribution < 1.29 is 4.79 Å². The van der Waals surface area contributed by atoms with Gasteiger partial charge in [-0.15, -0.1) is 6.58 Å². The van der Waals surface area contributed by atoms with Crippen molar-refractivity contribution in [1.82, 2.24) is 29.6 Å². The van der Waals surface area contributed by atoms with Gasteiger partial charge in [0.25, 0.3) is 5.56 Å². The van der Waals surface area contributed by atoms with Crippen LogP contribution in [0.1, 0.15) is 51.4 Å². The van der Waals surface area contributed by atoms with E-state index in [0.717, 1.165) is 28.2 Å². The standard InChI is InChI=1S/C28H31N7O2/c1-7-12-34-25(37)20-16-30-26(31-18-8-9-21-17(13-18)14-23(36)33-28(21,5)6)32-24(20)35(34)19-10-11-29-22(15-19)27(2,3)4/h7-11,13,15-16H,1,12,14H2,2-6H3,(H,33,36)(H,30,31,32). The molecule has 190 valence electrons. The monoisotopic (exact) mass is 497 g/mol. The number of hydrogen-bond donors (Lipinski definition) is 2. The Morgan fingerprint density at radius 1 is 1.16 bits per heavy atom. The lowest BCUT2D eigenvalue weighted by Gasteiger charge is -2.33. The maximum atomic E-state index is 13.3. The Morgan fingerprint density at radius 3 is 2.68 bits per heavy atom. The summed E-state index contributed by atoms with van der Waals surface area (Å²) in [5.74, 6) is 0.341. The molecule has 4 aromatic rings. The van der Waals surface area contributed by atoms with E-state index in [4.69, 9.17) is 4.98 Å². The summed E-state index contributed by atoms with van der Waals surface area (Å²) in [6.07, 6.45) is 5.29. The van der Waals surface area contributed by atoms with Gasteiger partial charge in [0.1, 0.15) is 5.39 Å². The molecule has 0 saturated heterocycles. The van der Waals surface area contributed by atoms with Crippen LogP contribution in [-0.2, 0) is 28.7 Å². The summed E-state index contributed by atoms with van der Waals surface area (Å²) in [5, 5.41) is 6.68. The fourth-order valence-corrected chi connectivity index (χ4v) is 4.79. The molecule has 0 radical (unpaired) electrons. The quantitative estimate of drug-likeness (QED) is 0.402. The number of benzene rings is 1. The molecule has 9 heteroatoms. The van der Waals surface area contributed by atoms with Gasteiger partial charge in [0.2, 0.25) is 11.9 Å². The average molecular weight is 498 g/mol. The van der Waals surface area contributed by atoms with Gasteiger partial charge in [0.15, 0.2) is 5.65 Å². The third-order valence-corrected chi connectivity index (χ3v) is 6.57. The summed E-state index contributed by atoms with van der Waals surface area (Å²) in [4.78, 5) is 39.1. The first kappa shape index (κ1) is 24.4. The van der Waals surface area contributed by atoms with Crippen LogP contribution in [0.15, 0.2) is 60.2 Å². The second-order valence-electron chi connectivity index (χ2n) is 10.9. The zero-order valence-electron chi connectivity index (χ0n) is 21.8. The lowest BCUT2D eigenvalue weighted by Crippen LogP contribution is -2.46. The van der Waals surface area contributed by atoms with Crippen LogP contribution in [-0.4, -0.2) is 30.2 Å². The minimum atomic E-state index is -0.431. The van der Waals surface area contributed by atoms with Crippen LogP contribution >= 0.6 is 0 Å². The third kappa shape index (κ3) is 4.41. The number of pyridine rings is 1. The number of rotatable bonds is 5. The first-order chi connectivity index (χ1) is 17.5. The smallest absolute Gasteiger partial charge is 0.278 e. The summed E-state index contributed by atoms with van der Waals surface area (Å²) in [5.41, 5.74) is 4.17. The van der Waals surface area contributed by atoms with E-state index in [1.807, 2.05) is 44.2 Å². The molecule has 1 aliphatic rings. The van der Waals surface area contributed by atoms with E-state index in [2.05, 4.69) is 48.0 Å². The van der Waals surface area contributed by atoms with Gasteiger partial charge in [0, 0.05) is 29.2 Å². The lowest BCUT2D eigenvalue weighted by atomic mass is 9.85. The van der Waals surface area contributed by atoms with Crippen molar-refractivity contribution in [2.45, 2.75) is 58.5 Å². The predicted octanol–water partition coefficient (Wildman–Crippen LogP) is 4.11. The molecule has 0 saturated carbocycles. The molecule has 0 atom stereocenters. The van der Waals surface area contributed by atoms with Crippen LogP contribution in [0.2, 0.25) is 0 Å². The number of carbonyl (C=O) groups is 1. The molecule has 9 nitrogen and oxygen atoms in total. The lowest BCUT2D eigenvalue weighted by molar-refractivity contribution is -0.122. The zero-order valence-corrected chi connectivity index (χ0v) is 21.8. The third-order valence-electron chi connectivity index (χ3n) is 6.57. The molecule has 0 aliphatic carbocycles. The van der Waals surface area contributed by atoms with Crippen molar-refractivity contribution in [2.75, 3.05) is 5.32 Å². The maximum absolute atomic E-state index is 13.3. The van der Waals surface area contributed by atoms with Gasteiger partial charge in [-0.3, -0.25) is 14.6 Å². The van der Waals surface area contributed by atoms with Crippen molar-refractivity contribution in [3.8, 4) is 5.69 Å². The number of hydrogen-bond acceptors (Lipinski definition) is 6. The van der Waals surface area contributed by atoms with Gasteiger partial charge in [-0.05, 0) is 49.2 Å². The summed E-state index contributed by atoms with van der Waals surface area (Å²) in [6.45, 7) is 14.4. The number of aromatic nitrogens is 5. The zero-order chi connectivity index (χ0) is 26.5. The molecular weight excluding hydrogens is 466 g/mol. The van der Waals surface area contributed by atoms with Crippen LogP contribution in [0.3, 0.4) is 0 Å². The summed E-state index contributed by atoms with van der Waals surface area (Å²) >= 11 is 0. The van der Waals surface area contributed by atoms with Crippen LogP contribution in [0.25, 0.3) is 16.7 Å². The molecule has 37 heavy (non-hydrogen) atoms. The first-order valence-electron chi connectivity index (χ1n) is 12.3. The van der Waals surface area contributed by atoms with Gasteiger partial charge >= 0.3 is 0 Å². The Labute approximate surface area is 215 Å². The van der Waals surface area contributed by atoms with E-state index in [0.29, 0.717) is 29.9 Å². The van der Waals surface area contributed by atoms with E-state index >= 15 is 0 Å². The highest BCUT2D eigenvalue weighted by atomic mass is 16.2. The average Bonchev–Trinajstić information content (AvgIpc) is 3.09. The number of anilines is 2. The van der Waals surface area contributed by atoms with Crippen molar-refractivity contribution >= 4 is 28.6 Å². The second kappa shape index (κ2) is 8.69. The molecule has 4 heterocycles. The molecule has 1 aromatic carbocycles. The number of fused-ring (bicyclic) bond motifs is 2. The summed E-state index contributed by atoms with van der Waals surface area (Å²) in [6, 6.07) is 9.75. The molecular formula is C28H31N7O2. The normalized spacial score (nSPS) is 14.8. The summed E-state index contributed by atoms with van der Waals surface area (Å²) in [7, 11) is 0. The number of nitrogens with one attached hydrogen (secondary N) is 2. The Bertz CT molecular complexity index is 1610. The molecule has 0 spiro atoms. The minimum absolute atomic E-state index is 0.00753. The molecule has 0 unspecified atom stereocenters. The van der Waals surface area contributed by atoms with Crippen molar-refractivity contribution in [1.29, 1.82) is 0 Å². The van der Waals surface area contributed by atoms with Gasteiger partial charge in [0.05, 0.1) is 24.2 Å². The minimum Gasteiger partial charge on any atom is -0.347 e. The second-order valence-corrected chi connectivity index (χ2v) is 10.9. The van der Waals surface area contributed by atoms with Crippen LogP contribution in [0.4, 0.5) is 11.6 Å². The highest BCUT2D eigenvalue weighted by Crippen LogP contribution is 2.31. The van der Waals surface area contributed by atoms with Gasteiger partial charge < -0.3 is 10.6 Å². The van der Waals surface area contributed by atoms with Crippen molar-refractivity contribution in [3.05, 3.63) is 82.6 Å². The van der Waals surface area contributed by atoms with Crippen molar-refractivity contribution in [2.24, 2.45) is 0 Å². The highest BCUT2D eigenvalue weighted by Gasteiger charge is 2.31. The van der Waals surface area contributed by atoms with E-state index in [1.165, 1.54) is 0 Å². The van der Waals surface area contributed by atoms with E-state index < -0.39 is 5.54 Å². The highest BCUT2D eigenvalue weighted by molar-refractivity contribution is 5.83. The molecule has 0 bridgehead atoms. The molecule has 5 rings (SSSR count). The number of carbonyl (C=O) groups excluding carboxylic acids is 1. The topological polar surface area (TPSA) is 107 Å². The predicted molar refractivity (Wildman–Crippen MR) is 144 cm³/mol. The first-order valence-corrected chi connectivity index (χ1v) is 12.3. The van der Waals surface area contributed by atoms with E-state index in [1.54, 1.807) is 27.8 Å². The SMILES string of the molecule is C=CCn1c(=O)c2cnc(Nc3ccc4c(c3)CC(=O)NC4(C)C)nc2n1-c1ccnc(C(C)(C)C)c1. The Morgan fingerprint density at radius 2 is 1.95 bits per heavy atom. The fraction of sp³-hybridized carbons (Fsp3) is 0.321. The summed E-state index contributed by atoms with van der Waals surface area (Å²) < 4.78 is 3.39. The van der Waals surface area contributed by atoms with E-state index in [-0.39, 0.29) is 16.9 Å². The van der Waals surface area contributed by atoms with Crippen LogP contribution in [0, 0.1) is 0 Å². The molecule has 1 amide bonds. The number of amides is 1. The van der Waals surface area contributed by atoms with Crippen molar-refractivity contribution in [3.63, 3.8) is 0 Å². The van der Waals surface area contributed by atoms with Crippen LogP contribution in [0.5, 0.6) is 0 Å². The Balaban J connectivity index is 1.60. The number of allylic oxidation sites excluding steroid dienone is 1. The van der Waals surface area contributed by atoms with Gasteiger partial charge in [-0.1, -0.05) is 32.9 Å². The largest absolute Gasteiger partial charge is 0.347 e. The molecule has 0 fully saturated rings. The molecule has 2 N–H and O–H groups in total. The van der Waals surface area contributed by atoms with E-state index in [9.17, 15) is 9.59 Å².